The molecule has 2 aromatic rings. The first kappa shape index (κ1) is 15.0. The molecule has 0 bridgehead atoms. The van der Waals surface area contributed by atoms with Crippen LogP contribution in [0.2, 0.25) is 0 Å². The molecule has 0 atom stereocenters. The molecule has 1 N–H and O–H groups in total. The van der Waals surface area contributed by atoms with Crippen LogP contribution in [-0.4, -0.2) is 22.8 Å². The van der Waals surface area contributed by atoms with Crippen molar-refractivity contribution in [2.75, 3.05) is 11.9 Å². The maximum Gasteiger partial charge on any atom is 0.256 e. The summed E-state index contributed by atoms with van der Waals surface area (Å²) in [5, 5.41) is 10.1. The van der Waals surface area contributed by atoms with Gasteiger partial charge in [0, 0.05) is 5.56 Å². The van der Waals surface area contributed by atoms with Gasteiger partial charge in [0.1, 0.15) is 11.4 Å². The van der Waals surface area contributed by atoms with Gasteiger partial charge in [-0.1, -0.05) is 25.9 Å². The molecule has 6 nitrogen and oxygen atoms in total. The Morgan fingerprint density at radius 2 is 2.00 bits per heavy atom. The van der Waals surface area contributed by atoms with Crippen LogP contribution in [0.3, 0.4) is 0 Å². The molecule has 0 radical (unpaired) electrons. The summed E-state index contributed by atoms with van der Waals surface area (Å²) in [5.41, 5.74) is 1.15. The maximum absolute atomic E-state index is 12.1. The monoisotopic (exact) mass is 289 g/mol. The van der Waals surface area contributed by atoms with Crippen LogP contribution in [0.25, 0.3) is 0 Å². The molecule has 0 saturated heterocycles. The minimum absolute atomic E-state index is 0.254. The maximum atomic E-state index is 12.1. The largest absolute Gasteiger partial charge is 0.493 e. The second kappa shape index (κ2) is 6.88. The van der Waals surface area contributed by atoms with Gasteiger partial charge < -0.3 is 10.1 Å². The molecular weight excluding hydrogens is 270 g/mol. The molecule has 1 heterocycles. The van der Waals surface area contributed by atoms with Crippen molar-refractivity contribution >= 4 is 11.7 Å². The molecule has 2 rings (SSSR count). The molecule has 112 valence electrons. The number of hydrogen-bond acceptors (Lipinski definition) is 5. The fourth-order valence-corrected chi connectivity index (χ4v) is 1.68. The minimum Gasteiger partial charge on any atom is -0.493 e. The highest BCUT2D eigenvalue weighted by atomic mass is 16.6. The zero-order valence-electron chi connectivity index (χ0n) is 12.4. The summed E-state index contributed by atoms with van der Waals surface area (Å²) in [6, 6.07) is 6.98. The van der Waals surface area contributed by atoms with E-state index in [1.165, 1.54) is 0 Å². The van der Waals surface area contributed by atoms with E-state index in [9.17, 15) is 4.79 Å². The van der Waals surface area contributed by atoms with Crippen molar-refractivity contribution < 1.29 is 14.2 Å². The molecule has 1 aromatic heterocycles. The first-order valence-corrected chi connectivity index (χ1v) is 6.95. The van der Waals surface area contributed by atoms with Crippen molar-refractivity contribution in [3.8, 4) is 5.75 Å². The topological polar surface area (TPSA) is 77.3 Å². The van der Waals surface area contributed by atoms with Crippen LogP contribution in [0.4, 0.5) is 5.82 Å². The van der Waals surface area contributed by atoms with E-state index in [2.05, 4.69) is 34.1 Å². The van der Waals surface area contributed by atoms with Gasteiger partial charge in [-0.15, -0.1) is 0 Å². The molecule has 0 aliphatic carbocycles. The third-order valence-electron chi connectivity index (χ3n) is 2.82. The first-order valence-electron chi connectivity index (χ1n) is 6.95. The van der Waals surface area contributed by atoms with Gasteiger partial charge >= 0.3 is 0 Å². The van der Waals surface area contributed by atoms with Crippen LogP contribution in [0.1, 0.15) is 36.8 Å². The van der Waals surface area contributed by atoms with E-state index in [0.29, 0.717) is 36.0 Å². The zero-order valence-corrected chi connectivity index (χ0v) is 12.4. The normalized spacial score (nSPS) is 10.7. The van der Waals surface area contributed by atoms with Crippen LogP contribution in [0, 0.1) is 5.92 Å². The fraction of sp³-hybridized carbons (Fsp3) is 0.400. The Morgan fingerprint density at radius 1 is 1.29 bits per heavy atom. The number of aryl methyl sites for hydroxylation is 1. The Morgan fingerprint density at radius 3 is 2.62 bits per heavy atom. The quantitative estimate of drug-likeness (QED) is 0.884. The average Bonchev–Trinajstić information content (AvgIpc) is 2.92. The first-order chi connectivity index (χ1) is 10.1. The Balaban J connectivity index is 2.00. The highest BCUT2D eigenvalue weighted by molar-refractivity contribution is 6.04. The summed E-state index contributed by atoms with van der Waals surface area (Å²) in [4.78, 5) is 12.1. The predicted octanol–water partition coefficient (Wildman–Crippen LogP) is 2.92. The van der Waals surface area contributed by atoms with Gasteiger partial charge in [0.05, 0.1) is 6.61 Å². The van der Waals surface area contributed by atoms with Crippen molar-refractivity contribution in [3.05, 3.63) is 35.5 Å². The Hall–Kier alpha value is -2.37. The number of anilines is 1. The third-order valence-corrected chi connectivity index (χ3v) is 2.82. The number of ether oxygens (including phenoxy) is 1. The number of carbonyl (C=O) groups is 1. The molecule has 0 fully saturated rings. The van der Waals surface area contributed by atoms with Crippen LogP contribution < -0.4 is 10.1 Å². The van der Waals surface area contributed by atoms with E-state index in [0.717, 1.165) is 5.75 Å². The highest BCUT2D eigenvalue weighted by Crippen LogP contribution is 2.15. The van der Waals surface area contributed by atoms with Gasteiger partial charge in [0.25, 0.3) is 5.91 Å². The van der Waals surface area contributed by atoms with Gasteiger partial charge in [0.15, 0.2) is 0 Å². The number of carbonyl (C=O) groups excluding carboxylic acids is 1. The Bertz CT molecular complexity index is 590. The van der Waals surface area contributed by atoms with Gasteiger partial charge in [-0.05, 0) is 41.8 Å². The van der Waals surface area contributed by atoms with E-state index < -0.39 is 0 Å². The molecule has 6 heteroatoms. The second-order valence-electron chi connectivity index (χ2n) is 5.10. The molecule has 1 aromatic carbocycles. The Labute approximate surface area is 123 Å². The molecule has 1 amide bonds. The van der Waals surface area contributed by atoms with Gasteiger partial charge in [-0.2, -0.15) is 0 Å². The lowest BCUT2D eigenvalue weighted by Gasteiger charge is -2.09. The smallest absolute Gasteiger partial charge is 0.256 e. The van der Waals surface area contributed by atoms with Crippen LogP contribution in [0.5, 0.6) is 5.75 Å². The number of nitrogens with zero attached hydrogens (tertiary/aromatic N) is 2. The van der Waals surface area contributed by atoms with Crippen molar-refractivity contribution in [1.82, 2.24) is 10.3 Å². The third kappa shape index (κ3) is 4.05. The highest BCUT2D eigenvalue weighted by Gasteiger charge is 2.13. The number of amides is 1. The number of nitrogens with one attached hydrogen (secondary N) is 1. The van der Waals surface area contributed by atoms with Crippen LogP contribution in [0.15, 0.2) is 28.9 Å². The molecule has 0 aliphatic heterocycles. The fourth-order valence-electron chi connectivity index (χ4n) is 1.68. The summed E-state index contributed by atoms with van der Waals surface area (Å²) >= 11 is 0. The van der Waals surface area contributed by atoms with Gasteiger partial charge in [0.2, 0.25) is 5.82 Å². The van der Waals surface area contributed by atoms with E-state index >= 15 is 0 Å². The predicted molar refractivity (Wildman–Crippen MR) is 78.4 cm³/mol. The van der Waals surface area contributed by atoms with E-state index in [1.807, 2.05) is 6.92 Å². The summed E-state index contributed by atoms with van der Waals surface area (Å²) in [6.45, 7) is 6.73. The van der Waals surface area contributed by atoms with Crippen molar-refractivity contribution in [2.45, 2.75) is 27.2 Å². The number of aromatic nitrogens is 2. The average molecular weight is 289 g/mol. The summed E-state index contributed by atoms with van der Waals surface area (Å²) in [7, 11) is 0. The molecule has 21 heavy (non-hydrogen) atoms. The SMILES string of the molecule is CCc1nonc1NC(=O)c1ccc(OCC(C)C)cc1. The molecule has 0 unspecified atom stereocenters. The molecule has 0 spiro atoms. The van der Waals surface area contributed by atoms with E-state index in [-0.39, 0.29) is 5.91 Å². The van der Waals surface area contributed by atoms with Crippen LogP contribution >= 0.6 is 0 Å². The second-order valence-corrected chi connectivity index (χ2v) is 5.10. The van der Waals surface area contributed by atoms with Crippen LogP contribution in [-0.2, 0) is 6.42 Å². The lowest BCUT2D eigenvalue weighted by atomic mass is 10.2. The Kier molecular flexibility index (Phi) is 4.92. The van der Waals surface area contributed by atoms with Crippen molar-refractivity contribution in [2.24, 2.45) is 5.92 Å². The number of benzene rings is 1. The minimum atomic E-state index is -0.254. The van der Waals surface area contributed by atoms with Gasteiger partial charge in [-0.3, -0.25) is 4.79 Å². The summed E-state index contributed by atoms with van der Waals surface area (Å²) in [6.07, 6.45) is 0.640. The van der Waals surface area contributed by atoms with Crippen molar-refractivity contribution in [3.63, 3.8) is 0 Å². The molecule has 0 saturated carbocycles. The van der Waals surface area contributed by atoms with E-state index in [4.69, 9.17) is 4.74 Å². The number of hydrogen-bond donors (Lipinski definition) is 1. The summed E-state index contributed by atoms with van der Waals surface area (Å²) < 4.78 is 10.2. The van der Waals surface area contributed by atoms with E-state index in [1.54, 1.807) is 24.3 Å². The lowest BCUT2D eigenvalue weighted by Crippen LogP contribution is -2.13. The molecular formula is C15H19N3O3. The van der Waals surface area contributed by atoms with Crippen molar-refractivity contribution in [1.29, 1.82) is 0 Å². The zero-order chi connectivity index (χ0) is 15.2. The van der Waals surface area contributed by atoms with Gasteiger partial charge in [-0.25, -0.2) is 4.63 Å². The molecule has 0 aliphatic rings. The number of rotatable bonds is 6. The lowest BCUT2D eigenvalue weighted by molar-refractivity contribution is 0.102. The summed E-state index contributed by atoms with van der Waals surface area (Å²) in [5.74, 6) is 1.32. The standard InChI is InChI=1S/C15H19N3O3/c1-4-13-14(18-21-17-13)16-15(19)11-5-7-12(8-6-11)20-9-10(2)3/h5-8,10H,4,9H2,1-3H3,(H,16,18,19).